The summed E-state index contributed by atoms with van der Waals surface area (Å²) in [5, 5.41) is 6.55. The zero-order chi connectivity index (χ0) is 21.5. The third kappa shape index (κ3) is 4.30. The molecule has 1 N–H and O–H groups in total. The van der Waals surface area contributed by atoms with Crippen LogP contribution in [0.25, 0.3) is 0 Å². The molecule has 1 aliphatic rings. The quantitative estimate of drug-likeness (QED) is 0.379. The van der Waals surface area contributed by atoms with Crippen molar-refractivity contribution in [2.45, 2.75) is 18.6 Å². The Morgan fingerprint density at radius 3 is 2.50 bits per heavy atom. The van der Waals surface area contributed by atoms with Gasteiger partial charge >= 0.3 is 6.18 Å². The average Bonchev–Trinajstić information content (AvgIpc) is 3.17. The van der Waals surface area contributed by atoms with Gasteiger partial charge in [-0.25, -0.2) is 0 Å². The van der Waals surface area contributed by atoms with E-state index in [2.05, 4.69) is 5.32 Å². The predicted molar refractivity (Wildman–Crippen MR) is 121 cm³/mol. The summed E-state index contributed by atoms with van der Waals surface area (Å²) in [5.74, 6) is 0. The van der Waals surface area contributed by atoms with E-state index in [1.54, 1.807) is 29.5 Å². The summed E-state index contributed by atoms with van der Waals surface area (Å²) < 4.78 is 39.0. The van der Waals surface area contributed by atoms with Crippen LogP contribution in [0.2, 0.25) is 10.0 Å². The second kappa shape index (κ2) is 8.38. The highest BCUT2D eigenvalue weighted by Gasteiger charge is 2.33. The van der Waals surface area contributed by atoms with Gasteiger partial charge < -0.3 is 10.2 Å². The monoisotopic (exact) mass is 486 g/mol. The Morgan fingerprint density at radius 1 is 1.10 bits per heavy atom. The van der Waals surface area contributed by atoms with Crippen LogP contribution in [-0.4, -0.2) is 16.6 Å². The number of halogens is 5. The van der Waals surface area contributed by atoms with Crippen LogP contribution >= 0.6 is 46.8 Å². The third-order valence-corrected chi connectivity index (χ3v) is 6.83. The fraction of sp³-hybridized carbons (Fsp3) is 0.190. The first-order valence-corrected chi connectivity index (χ1v) is 11.0. The van der Waals surface area contributed by atoms with E-state index in [1.165, 1.54) is 17.0 Å². The van der Waals surface area contributed by atoms with Crippen molar-refractivity contribution < 1.29 is 13.2 Å². The van der Waals surface area contributed by atoms with Crippen LogP contribution in [0.4, 0.5) is 18.9 Å². The Kier molecular flexibility index (Phi) is 5.99. The van der Waals surface area contributed by atoms with Crippen LogP contribution in [-0.2, 0) is 12.6 Å². The number of fused-ring (bicyclic) bond motifs is 1. The molecule has 0 aliphatic carbocycles. The fourth-order valence-corrected chi connectivity index (χ4v) is 5.19. The average molecular weight is 487 g/mol. The normalized spacial score (nSPS) is 16.3. The molecule has 156 valence electrons. The maximum atomic E-state index is 13.0. The van der Waals surface area contributed by atoms with Crippen LogP contribution in [0, 0.1) is 0 Å². The molecule has 1 aliphatic heterocycles. The minimum absolute atomic E-state index is 0.284. The minimum atomic E-state index is -4.37. The van der Waals surface area contributed by atoms with Crippen LogP contribution in [0.5, 0.6) is 0 Å². The smallest absolute Gasteiger partial charge is 0.337 e. The molecule has 0 amide bonds. The Labute approximate surface area is 191 Å². The lowest BCUT2D eigenvalue weighted by molar-refractivity contribution is -0.137. The SMILES string of the molecule is FC(F)(F)c1ccc(C2c3ccsc3CCN2C(=S)Nc2ccc(Cl)cc2Cl)cc1. The molecule has 0 saturated carbocycles. The molecule has 2 heterocycles. The van der Waals surface area contributed by atoms with Gasteiger partial charge in [-0.1, -0.05) is 35.3 Å². The Morgan fingerprint density at radius 2 is 1.83 bits per heavy atom. The first-order chi connectivity index (χ1) is 14.2. The van der Waals surface area contributed by atoms with Crippen molar-refractivity contribution in [3.05, 3.63) is 85.5 Å². The van der Waals surface area contributed by atoms with Crippen LogP contribution in [0.3, 0.4) is 0 Å². The number of benzene rings is 2. The van der Waals surface area contributed by atoms with Gasteiger partial charge in [0.05, 0.1) is 22.3 Å². The summed E-state index contributed by atoms with van der Waals surface area (Å²) in [6.07, 6.45) is -3.57. The zero-order valence-corrected chi connectivity index (χ0v) is 18.5. The van der Waals surface area contributed by atoms with Crippen LogP contribution in [0.15, 0.2) is 53.9 Å². The number of thiocarbonyl (C=S) groups is 1. The van der Waals surface area contributed by atoms with E-state index in [0.717, 1.165) is 29.7 Å². The molecule has 0 fully saturated rings. The number of nitrogens with one attached hydrogen (secondary N) is 1. The predicted octanol–water partition coefficient (Wildman–Crippen LogP) is 7.42. The van der Waals surface area contributed by atoms with Gasteiger partial charge in [-0.2, -0.15) is 13.2 Å². The fourth-order valence-electron chi connectivity index (χ4n) is 3.53. The summed E-state index contributed by atoms with van der Waals surface area (Å²) in [6, 6.07) is 12.1. The van der Waals surface area contributed by atoms with E-state index >= 15 is 0 Å². The lowest BCUT2D eigenvalue weighted by Gasteiger charge is -2.38. The highest BCUT2D eigenvalue weighted by atomic mass is 35.5. The van der Waals surface area contributed by atoms with E-state index in [-0.39, 0.29) is 6.04 Å². The van der Waals surface area contributed by atoms with Crippen molar-refractivity contribution in [1.29, 1.82) is 0 Å². The van der Waals surface area contributed by atoms with Crippen LogP contribution < -0.4 is 5.32 Å². The molecule has 1 atom stereocenters. The van der Waals surface area contributed by atoms with Gasteiger partial charge in [-0.05, 0) is 71.5 Å². The van der Waals surface area contributed by atoms with Crippen LogP contribution in [0.1, 0.15) is 27.6 Å². The lowest BCUT2D eigenvalue weighted by atomic mass is 9.93. The minimum Gasteiger partial charge on any atom is -0.337 e. The van der Waals surface area contributed by atoms with Gasteiger partial charge in [0.2, 0.25) is 0 Å². The van der Waals surface area contributed by atoms with E-state index < -0.39 is 11.7 Å². The summed E-state index contributed by atoms with van der Waals surface area (Å²) in [5.41, 5.74) is 1.74. The number of thiophene rings is 1. The maximum Gasteiger partial charge on any atom is 0.416 e. The lowest BCUT2D eigenvalue weighted by Crippen LogP contribution is -2.42. The number of rotatable bonds is 2. The van der Waals surface area contributed by atoms with Crippen molar-refractivity contribution in [1.82, 2.24) is 4.90 Å². The summed E-state index contributed by atoms with van der Waals surface area (Å²) in [4.78, 5) is 3.20. The standard InChI is InChI=1S/C21H15Cl2F3N2S2/c22-14-5-6-17(16(23)11-14)27-20(29)28-9-7-18-15(8-10-30-18)19(28)12-1-3-13(4-2-12)21(24,25)26/h1-6,8,10-11,19H,7,9H2,(H,27,29). The molecule has 0 radical (unpaired) electrons. The number of anilines is 1. The van der Waals surface area contributed by atoms with Gasteiger partial charge in [-0.3, -0.25) is 0 Å². The first-order valence-electron chi connectivity index (χ1n) is 9.00. The first kappa shape index (κ1) is 21.4. The van der Waals surface area contributed by atoms with E-state index in [4.69, 9.17) is 35.4 Å². The van der Waals surface area contributed by atoms with E-state index in [9.17, 15) is 13.2 Å². The van der Waals surface area contributed by atoms with Gasteiger partial charge in [-0.15, -0.1) is 11.3 Å². The molecule has 9 heteroatoms. The Bertz CT molecular complexity index is 1080. The molecule has 30 heavy (non-hydrogen) atoms. The third-order valence-electron chi connectivity index (χ3n) is 4.95. The highest BCUT2D eigenvalue weighted by Crippen LogP contribution is 2.39. The molecule has 0 spiro atoms. The maximum absolute atomic E-state index is 13.0. The summed E-state index contributed by atoms with van der Waals surface area (Å²) >= 11 is 19.5. The largest absolute Gasteiger partial charge is 0.416 e. The zero-order valence-electron chi connectivity index (χ0n) is 15.3. The van der Waals surface area contributed by atoms with Gasteiger partial charge in [0.25, 0.3) is 0 Å². The molecule has 1 unspecified atom stereocenters. The van der Waals surface area contributed by atoms with Gasteiger partial charge in [0.15, 0.2) is 5.11 Å². The Balaban J connectivity index is 1.67. The summed E-state index contributed by atoms with van der Waals surface area (Å²) in [6.45, 7) is 0.635. The molecule has 3 aromatic rings. The number of hydrogen-bond acceptors (Lipinski definition) is 2. The van der Waals surface area contributed by atoms with Gasteiger partial charge in [0, 0.05) is 16.4 Å². The van der Waals surface area contributed by atoms with Gasteiger partial charge in [0.1, 0.15) is 0 Å². The van der Waals surface area contributed by atoms with Crippen molar-refractivity contribution in [2.24, 2.45) is 0 Å². The van der Waals surface area contributed by atoms with E-state index in [1.807, 2.05) is 16.3 Å². The molecule has 2 nitrogen and oxygen atoms in total. The van der Waals surface area contributed by atoms with E-state index in [0.29, 0.717) is 27.4 Å². The molecule has 2 aromatic carbocycles. The van der Waals surface area contributed by atoms with Crippen molar-refractivity contribution in [3.8, 4) is 0 Å². The molecule has 1 aromatic heterocycles. The molecular weight excluding hydrogens is 472 g/mol. The molecule has 4 rings (SSSR count). The second-order valence-corrected chi connectivity index (χ2v) is 9.05. The number of hydrogen-bond donors (Lipinski definition) is 1. The van der Waals surface area contributed by atoms with Crippen molar-refractivity contribution in [2.75, 3.05) is 11.9 Å². The highest BCUT2D eigenvalue weighted by molar-refractivity contribution is 7.80. The number of alkyl halides is 3. The second-order valence-electron chi connectivity index (χ2n) is 6.82. The van der Waals surface area contributed by atoms with Crippen molar-refractivity contribution in [3.63, 3.8) is 0 Å². The topological polar surface area (TPSA) is 15.3 Å². The molecular formula is C21H15Cl2F3N2S2. The molecule has 0 saturated heterocycles. The Hall–Kier alpha value is -1.80. The summed E-state index contributed by atoms with van der Waals surface area (Å²) in [7, 11) is 0. The molecule has 0 bridgehead atoms. The van der Waals surface area contributed by atoms with Crippen molar-refractivity contribution >= 4 is 57.6 Å². The number of nitrogens with zero attached hydrogens (tertiary/aromatic N) is 1.